The van der Waals surface area contributed by atoms with E-state index in [0.717, 1.165) is 10.2 Å². The van der Waals surface area contributed by atoms with Crippen LogP contribution in [0.4, 0.5) is 4.39 Å². The summed E-state index contributed by atoms with van der Waals surface area (Å²) in [7, 11) is 0. The molecule has 0 unspecified atom stereocenters. The number of nitrogens with zero attached hydrogens (tertiary/aromatic N) is 1. The maximum Gasteiger partial charge on any atom is 0.128 e. The average molecular weight is 368 g/mol. The number of halogens is 4. The van der Waals surface area contributed by atoms with Gasteiger partial charge in [-0.25, -0.2) is 4.39 Å². The lowest BCUT2D eigenvalue weighted by atomic mass is 10.2. The first kappa shape index (κ1) is 18.3. The fourth-order valence-electron chi connectivity index (χ4n) is 1.49. The Morgan fingerprint density at radius 2 is 1.89 bits per heavy atom. The highest BCUT2D eigenvalue weighted by Crippen LogP contribution is 2.15. The number of pyridine rings is 1. The van der Waals surface area contributed by atoms with Gasteiger partial charge in [-0.15, -0.1) is 24.8 Å². The summed E-state index contributed by atoms with van der Waals surface area (Å²) in [5.41, 5.74) is 1.61. The Bertz CT molecular complexity index is 497. The van der Waals surface area contributed by atoms with Crippen LogP contribution in [0, 0.1) is 5.82 Å². The van der Waals surface area contributed by atoms with E-state index in [1.807, 2.05) is 24.3 Å². The van der Waals surface area contributed by atoms with Gasteiger partial charge in [-0.2, -0.15) is 0 Å². The van der Waals surface area contributed by atoms with Crippen molar-refractivity contribution in [3.8, 4) is 0 Å². The summed E-state index contributed by atoms with van der Waals surface area (Å²) in [5.74, 6) is -0.201. The van der Waals surface area contributed by atoms with Crippen LogP contribution in [-0.4, -0.2) is 4.98 Å². The summed E-state index contributed by atoms with van der Waals surface area (Å²) < 4.78 is 14.2. The van der Waals surface area contributed by atoms with E-state index in [9.17, 15) is 4.39 Å². The van der Waals surface area contributed by atoms with Gasteiger partial charge in [0.15, 0.2) is 0 Å². The number of aromatic nitrogens is 1. The van der Waals surface area contributed by atoms with Gasteiger partial charge < -0.3 is 5.32 Å². The van der Waals surface area contributed by atoms with Crippen LogP contribution in [0.2, 0.25) is 0 Å². The minimum Gasteiger partial charge on any atom is -0.307 e. The van der Waals surface area contributed by atoms with Gasteiger partial charge in [0.05, 0.1) is 5.69 Å². The first-order valence-corrected chi connectivity index (χ1v) is 6.09. The third-order valence-electron chi connectivity index (χ3n) is 2.36. The molecule has 2 rings (SSSR count). The van der Waals surface area contributed by atoms with E-state index in [2.05, 4.69) is 26.2 Å². The number of benzene rings is 1. The highest BCUT2D eigenvalue weighted by atomic mass is 79.9. The van der Waals surface area contributed by atoms with Crippen LogP contribution in [-0.2, 0) is 13.1 Å². The van der Waals surface area contributed by atoms with Gasteiger partial charge in [-0.05, 0) is 24.3 Å². The molecule has 2 nitrogen and oxygen atoms in total. The molecule has 0 saturated carbocycles. The molecule has 0 fully saturated rings. The maximum absolute atomic E-state index is 13.5. The molecule has 19 heavy (non-hydrogen) atoms. The third-order valence-corrected chi connectivity index (χ3v) is 2.86. The van der Waals surface area contributed by atoms with Gasteiger partial charge in [-0.3, -0.25) is 4.98 Å². The van der Waals surface area contributed by atoms with E-state index in [-0.39, 0.29) is 30.6 Å². The second kappa shape index (κ2) is 9.26. The normalized spacial score (nSPS) is 9.37. The van der Waals surface area contributed by atoms with E-state index in [1.165, 1.54) is 6.07 Å². The van der Waals surface area contributed by atoms with Crippen molar-refractivity contribution in [3.63, 3.8) is 0 Å². The molecule has 0 aliphatic heterocycles. The summed E-state index contributed by atoms with van der Waals surface area (Å²) in [5, 5.41) is 3.16. The molecule has 1 aromatic carbocycles. The summed E-state index contributed by atoms with van der Waals surface area (Å²) in [6.07, 6.45) is 1.75. The van der Waals surface area contributed by atoms with Crippen molar-refractivity contribution >= 4 is 40.7 Å². The summed E-state index contributed by atoms with van der Waals surface area (Å²) >= 11 is 3.23. The minimum absolute atomic E-state index is 0. The van der Waals surface area contributed by atoms with E-state index < -0.39 is 0 Å². The predicted molar refractivity (Wildman–Crippen MR) is 83.4 cm³/mol. The molecule has 6 heteroatoms. The van der Waals surface area contributed by atoms with Gasteiger partial charge in [0.1, 0.15) is 5.82 Å². The summed E-state index contributed by atoms with van der Waals surface area (Å²) in [4.78, 5) is 4.18. The number of hydrogen-bond acceptors (Lipinski definition) is 2. The lowest BCUT2D eigenvalue weighted by Gasteiger charge is -2.06. The summed E-state index contributed by atoms with van der Waals surface area (Å²) in [6, 6.07) is 10.8. The van der Waals surface area contributed by atoms with Crippen molar-refractivity contribution in [2.75, 3.05) is 0 Å². The lowest BCUT2D eigenvalue weighted by Crippen LogP contribution is -2.14. The molecule has 1 N–H and O–H groups in total. The van der Waals surface area contributed by atoms with Crippen LogP contribution in [0.15, 0.2) is 47.1 Å². The zero-order valence-electron chi connectivity index (χ0n) is 9.98. The standard InChI is InChI=1S/C13H12BrFN2.2ClH/c14-11-5-4-10(13(15)7-11)8-16-9-12-3-1-2-6-17-12;;/h1-7,16H,8-9H2;2*1H. The van der Waals surface area contributed by atoms with Crippen molar-refractivity contribution in [2.24, 2.45) is 0 Å². The molecular formula is C13H14BrCl2FN2. The number of rotatable bonds is 4. The molecule has 0 amide bonds. The van der Waals surface area contributed by atoms with E-state index in [4.69, 9.17) is 0 Å². The Morgan fingerprint density at radius 3 is 2.53 bits per heavy atom. The monoisotopic (exact) mass is 366 g/mol. The van der Waals surface area contributed by atoms with Gasteiger partial charge in [-0.1, -0.05) is 28.1 Å². The first-order valence-electron chi connectivity index (χ1n) is 5.30. The zero-order valence-corrected chi connectivity index (χ0v) is 13.2. The van der Waals surface area contributed by atoms with Crippen LogP contribution >= 0.6 is 40.7 Å². The Hall–Kier alpha value is -0.680. The smallest absolute Gasteiger partial charge is 0.128 e. The van der Waals surface area contributed by atoms with Crippen molar-refractivity contribution < 1.29 is 4.39 Å². The molecule has 0 spiro atoms. The van der Waals surface area contributed by atoms with Crippen LogP contribution in [0.1, 0.15) is 11.3 Å². The average Bonchev–Trinajstić information content (AvgIpc) is 2.33. The fourth-order valence-corrected chi connectivity index (χ4v) is 1.83. The van der Waals surface area contributed by atoms with E-state index in [1.54, 1.807) is 12.3 Å². The van der Waals surface area contributed by atoms with Gasteiger partial charge in [0, 0.05) is 29.3 Å². The predicted octanol–water partition coefficient (Wildman–Crippen LogP) is 4.12. The molecule has 0 aliphatic carbocycles. The number of hydrogen-bond donors (Lipinski definition) is 1. The molecule has 1 heterocycles. The molecule has 0 saturated heterocycles. The molecule has 1 aromatic heterocycles. The van der Waals surface area contributed by atoms with Gasteiger partial charge in [0.25, 0.3) is 0 Å². The quantitative estimate of drug-likeness (QED) is 0.879. The second-order valence-electron chi connectivity index (χ2n) is 3.66. The van der Waals surface area contributed by atoms with Gasteiger partial charge >= 0.3 is 0 Å². The van der Waals surface area contributed by atoms with Crippen LogP contribution in [0.5, 0.6) is 0 Å². The molecule has 0 atom stereocenters. The zero-order chi connectivity index (χ0) is 12.1. The third kappa shape index (κ3) is 5.87. The van der Waals surface area contributed by atoms with Crippen molar-refractivity contribution in [2.45, 2.75) is 13.1 Å². The van der Waals surface area contributed by atoms with Crippen molar-refractivity contribution in [1.29, 1.82) is 0 Å². The molecule has 104 valence electrons. The lowest BCUT2D eigenvalue weighted by molar-refractivity contribution is 0.585. The SMILES string of the molecule is Cl.Cl.Fc1cc(Br)ccc1CNCc1ccccn1. The maximum atomic E-state index is 13.5. The molecular weight excluding hydrogens is 354 g/mol. The van der Waals surface area contributed by atoms with Crippen molar-refractivity contribution in [3.05, 3.63) is 64.1 Å². The Labute approximate surface area is 132 Å². The second-order valence-corrected chi connectivity index (χ2v) is 4.58. The molecule has 2 aromatic rings. The highest BCUT2D eigenvalue weighted by Gasteiger charge is 2.02. The van der Waals surface area contributed by atoms with E-state index in [0.29, 0.717) is 18.7 Å². The number of nitrogens with one attached hydrogen (secondary N) is 1. The Kier molecular flexibility index (Phi) is 8.93. The first-order chi connectivity index (χ1) is 8.25. The summed E-state index contributed by atoms with van der Waals surface area (Å²) in [6.45, 7) is 1.13. The fraction of sp³-hybridized carbons (Fsp3) is 0.154. The largest absolute Gasteiger partial charge is 0.307 e. The Balaban J connectivity index is 0.00000162. The van der Waals surface area contributed by atoms with E-state index >= 15 is 0 Å². The molecule has 0 radical (unpaired) electrons. The van der Waals surface area contributed by atoms with Crippen LogP contribution in [0.3, 0.4) is 0 Å². The molecule has 0 bridgehead atoms. The highest BCUT2D eigenvalue weighted by molar-refractivity contribution is 9.10. The van der Waals surface area contributed by atoms with Crippen LogP contribution < -0.4 is 5.32 Å². The van der Waals surface area contributed by atoms with Gasteiger partial charge in [0.2, 0.25) is 0 Å². The molecule has 0 aliphatic rings. The topological polar surface area (TPSA) is 24.9 Å². The Morgan fingerprint density at radius 1 is 1.11 bits per heavy atom. The van der Waals surface area contributed by atoms with Crippen LogP contribution in [0.25, 0.3) is 0 Å². The van der Waals surface area contributed by atoms with Crippen molar-refractivity contribution in [1.82, 2.24) is 10.3 Å². The minimum atomic E-state index is -0.201.